The number of aromatic nitrogens is 2. The van der Waals surface area contributed by atoms with Crippen LogP contribution in [0.4, 0.5) is 27.5 Å². The van der Waals surface area contributed by atoms with E-state index in [1.807, 2.05) is 36.1 Å². The summed E-state index contributed by atoms with van der Waals surface area (Å²) in [4.78, 5) is 47.7. The molecule has 5 rings (SSSR count). The highest BCUT2D eigenvalue weighted by molar-refractivity contribution is 6.04. The van der Waals surface area contributed by atoms with Gasteiger partial charge < -0.3 is 15.5 Å². The summed E-state index contributed by atoms with van der Waals surface area (Å²) in [7, 11) is 0. The number of anilines is 4. The molecule has 2 aromatic carbocycles. The van der Waals surface area contributed by atoms with E-state index in [9.17, 15) is 18.8 Å². The number of aromatic amines is 1. The third-order valence-electron chi connectivity index (χ3n) is 6.07. The number of benzene rings is 2. The maximum absolute atomic E-state index is 14.2. The molecule has 0 saturated carbocycles. The van der Waals surface area contributed by atoms with Crippen molar-refractivity contribution < 1.29 is 14.0 Å². The molecule has 3 N–H and O–H groups in total. The van der Waals surface area contributed by atoms with Crippen LogP contribution in [0.5, 0.6) is 0 Å². The molecule has 0 saturated heterocycles. The second-order valence-electron chi connectivity index (χ2n) is 8.48. The molecule has 2 unspecified atom stereocenters. The summed E-state index contributed by atoms with van der Waals surface area (Å²) in [6, 6.07) is 12.3. The van der Waals surface area contributed by atoms with Crippen molar-refractivity contribution in [3.05, 3.63) is 75.3 Å². The van der Waals surface area contributed by atoms with Gasteiger partial charge in [-0.3, -0.25) is 19.4 Å². The van der Waals surface area contributed by atoms with Crippen LogP contribution in [0.1, 0.15) is 36.0 Å². The second-order valence-corrected chi connectivity index (χ2v) is 8.48. The van der Waals surface area contributed by atoms with E-state index in [1.165, 1.54) is 12.1 Å². The number of halogens is 1. The fraction of sp³-hybridized carbons (Fsp3) is 0.250. The fourth-order valence-corrected chi connectivity index (χ4v) is 4.53. The van der Waals surface area contributed by atoms with Crippen LogP contribution in [-0.2, 0) is 16.0 Å². The highest BCUT2D eigenvalue weighted by atomic mass is 19.1. The van der Waals surface area contributed by atoms with Gasteiger partial charge in [0.05, 0.1) is 17.2 Å². The Hall–Kier alpha value is -4.01. The number of hydrogen-bond acceptors (Lipinski definition) is 5. The van der Waals surface area contributed by atoms with Crippen LogP contribution < -0.4 is 21.1 Å². The first-order chi connectivity index (χ1) is 15.8. The van der Waals surface area contributed by atoms with E-state index in [0.29, 0.717) is 11.5 Å². The normalized spacial score (nSPS) is 19.0. The zero-order valence-electron chi connectivity index (χ0n) is 18.1. The third kappa shape index (κ3) is 3.65. The van der Waals surface area contributed by atoms with Crippen LogP contribution in [0.15, 0.2) is 47.3 Å². The Bertz CT molecular complexity index is 1350. The summed E-state index contributed by atoms with van der Waals surface area (Å²) in [5.41, 5.74) is 2.30. The van der Waals surface area contributed by atoms with Crippen LogP contribution >= 0.6 is 0 Å². The summed E-state index contributed by atoms with van der Waals surface area (Å²) in [5.74, 6) is -2.43. The molecule has 0 aliphatic carbocycles. The number of rotatable bonds is 3. The molecule has 1 aromatic heterocycles. The lowest BCUT2D eigenvalue weighted by molar-refractivity contribution is -0.123. The summed E-state index contributed by atoms with van der Waals surface area (Å²) in [6.45, 7) is 3.75. The summed E-state index contributed by atoms with van der Waals surface area (Å²) < 4.78 is 14.2. The van der Waals surface area contributed by atoms with Gasteiger partial charge >= 0.3 is 0 Å². The second kappa shape index (κ2) is 7.84. The maximum Gasteiger partial charge on any atom is 0.258 e. The quantitative estimate of drug-likeness (QED) is 0.571. The number of fused-ring (bicyclic) bond motifs is 2. The first-order valence-corrected chi connectivity index (χ1v) is 10.7. The molecular formula is C24H22FN5O3. The van der Waals surface area contributed by atoms with Crippen LogP contribution in [0.25, 0.3) is 0 Å². The Kier molecular flexibility index (Phi) is 4.96. The van der Waals surface area contributed by atoms with Gasteiger partial charge in [0.25, 0.3) is 5.56 Å². The van der Waals surface area contributed by atoms with Crippen molar-refractivity contribution in [1.82, 2.24) is 9.97 Å². The predicted octanol–water partition coefficient (Wildman–Crippen LogP) is 3.36. The van der Waals surface area contributed by atoms with Gasteiger partial charge in [-0.2, -0.15) is 4.98 Å². The van der Waals surface area contributed by atoms with E-state index in [4.69, 9.17) is 0 Å². The average Bonchev–Trinajstić information content (AvgIpc) is 3.10. The Morgan fingerprint density at radius 3 is 2.76 bits per heavy atom. The molecule has 168 valence electrons. The van der Waals surface area contributed by atoms with Gasteiger partial charge in [-0.1, -0.05) is 24.3 Å². The molecular weight excluding hydrogens is 425 g/mol. The number of nitrogens with zero attached hydrogens (tertiary/aromatic N) is 2. The highest BCUT2D eigenvalue weighted by Crippen LogP contribution is 2.38. The molecule has 3 heterocycles. The van der Waals surface area contributed by atoms with E-state index >= 15 is 0 Å². The fourth-order valence-electron chi connectivity index (χ4n) is 4.53. The summed E-state index contributed by atoms with van der Waals surface area (Å²) in [6.07, 6.45) is 0.551. The van der Waals surface area contributed by atoms with Gasteiger partial charge in [-0.25, -0.2) is 4.39 Å². The maximum atomic E-state index is 14.2. The largest absolute Gasteiger partial charge is 0.323 e. The average molecular weight is 447 g/mol. The van der Waals surface area contributed by atoms with E-state index in [-0.39, 0.29) is 29.5 Å². The molecule has 2 aliphatic rings. The lowest BCUT2D eigenvalue weighted by Crippen LogP contribution is -2.38. The molecule has 0 bridgehead atoms. The monoisotopic (exact) mass is 447 g/mol. The molecule has 0 fully saturated rings. The van der Waals surface area contributed by atoms with E-state index in [0.717, 1.165) is 17.7 Å². The molecule has 8 nitrogen and oxygen atoms in total. The van der Waals surface area contributed by atoms with Crippen molar-refractivity contribution >= 4 is 35.0 Å². The SMILES string of the molecule is Cc1ccc(NC(=O)C2CC(=O)Nc3nc(N4c5ccccc5CC4C)[nH]c(=O)c32)c(F)c1. The third-order valence-corrected chi connectivity index (χ3v) is 6.07. The van der Waals surface area contributed by atoms with E-state index in [1.54, 1.807) is 13.0 Å². The number of amides is 2. The van der Waals surface area contributed by atoms with Crippen molar-refractivity contribution in [2.45, 2.75) is 38.6 Å². The molecule has 2 aliphatic heterocycles. The number of aryl methyl sites for hydroxylation is 1. The van der Waals surface area contributed by atoms with E-state index < -0.39 is 29.1 Å². The topological polar surface area (TPSA) is 107 Å². The molecule has 0 spiro atoms. The standard InChI is InChI=1S/C24H22FN5O3/c1-12-7-8-17(16(25)9-12)26-22(32)15-11-19(31)27-21-20(15)23(33)29-24(28-21)30-13(2)10-14-5-3-4-6-18(14)30/h3-9,13,15H,10-11H2,1-2H3,(H,26,32)(H2,27,28,29,31,33). The number of para-hydroxylation sites is 1. The van der Waals surface area contributed by atoms with Gasteiger partial charge in [-0.15, -0.1) is 0 Å². The Morgan fingerprint density at radius 2 is 1.97 bits per heavy atom. The first-order valence-electron chi connectivity index (χ1n) is 10.7. The zero-order chi connectivity index (χ0) is 23.3. The number of H-pyrrole nitrogens is 1. The minimum Gasteiger partial charge on any atom is -0.323 e. The highest BCUT2D eigenvalue weighted by Gasteiger charge is 2.36. The summed E-state index contributed by atoms with van der Waals surface area (Å²) in [5, 5.41) is 5.12. The lowest BCUT2D eigenvalue weighted by Gasteiger charge is -2.27. The van der Waals surface area contributed by atoms with Crippen molar-refractivity contribution in [2.75, 3.05) is 15.5 Å². The Balaban J connectivity index is 1.52. The van der Waals surface area contributed by atoms with Crippen molar-refractivity contribution in [3.8, 4) is 0 Å². The first kappa shape index (κ1) is 20.9. The Labute approximate surface area is 188 Å². The minimum atomic E-state index is -1.09. The van der Waals surface area contributed by atoms with Crippen LogP contribution in [0.3, 0.4) is 0 Å². The van der Waals surface area contributed by atoms with Crippen LogP contribution in [-0.4, -0.2) is 27.8 Å². The van der Waals surface area contributed by atoms with Gasteiger partial charge in [0.2, 0.25) is 17.8 Å². The smallest absolute Gasteiger partial charge is 0.258 e. The number of carbonyl (C=O) groups excluding carboxylic acids is 2. The molecule has 2 atom stereocenters. The molecule has 3 aromatic rings. The summed E-state index contributed by atoms with van der Waals surface area (Å²) >= 11 is 0. The number of nitrogens with one attached hydrogen (secondary N) is 3. The van der Waals surface area contributed by atoms with Gasteiger partial charge in [0.1, 0.15) is 11.6 Å². The van der Waals surface area contributed by atoms with Crippen molar-refractivity contribution in [3.63, 3.8) is 0 Å². The molecule has 2 amide bonds. The van der Waals surface area contributed by atoms with Crippen LogP contribution in [0, 0.1) is 12.7 Å². The zero-order valence-corrected chi connectivity index (χ0v) is 18.1. The van der Waals surface area contributed by atoms with Crippen molar-refractivity contribution in [2.24, 2.45) is 0 Å². The van der Waals surface area contributed by atoms with Crippen molar-refractivity contribution in [1.29, 1.82) is 0 Å². The predicted molar refractivity (Wildman–Crippen MR) is 122 cm³/mol. The van der Waals surface area contributed by atoms with Gasteiger partial charge in [0, 0.05) is 18.2 Å². The number of carbonyl (C=O) groups is 2. The lowest BCUT2D eigenvalue weighted by atomic mass is 9.92. The van der Waals surface area contributed by atoms with Crippen LogP contribution in [0.2, 0.25) is 0 Å². The minimum absolute atomic E-state index is 0.0124. The van der Waals surface area contributed by atoms with E-state index in [2.05, 4.69) is 20.6 Å². The van der Waals surface area contributed by atoms with Gasteiger partial charge in [0.15, 0.2) is 0 Å². The molecule has 9 heteroatoms. The Morgan fingerprint density at radius 1 is 1.18 bits per heavy atom. The molecule has 33 heavy (non-hydrogen) atoms. The van der Waals surface area contributed by atoms with Gasteiger partial charge in [-0.05, 0) is 49.6 Å². The number of hydrogen-bond donors (Lipinski definition) is 3. The molecule has 0 radical (unpaired) electrons.